The average molecular weight is 379 g/mol. The van der Waals surface area contributed by atoms with Gasteiger partial charge in [-0.05, 0) is 6.07 Å². The van der Waals surface area contributed by atoms with Gasteiger partial charge in [-0.2, -0.15) is 0 Å². The SMILES string of the molecule is Cn1cncc1CC1(C(=O)c2cn(C)c3ccccc23)OC(=O)C=CC(=O)O1. The first-order chi connectivity index (χ1) is 13.4. The zero-order chi connectivity index (χ0) is 19.9. The molecule has 8 nitrogen and oxygen atoms in total. The summed E-state index contributed by atoms with van der Waals surface area (Å²) in [5, 5.41) is 0.670. The predicted octanol–water partition coefficient (Wildman–Crippen LogP) is 1.69. The van der Waals surface area contributed by atoms with Gasteiger partial charge in [0.1, 0.15) is 0 Å². The lowest BCUT2D eigenvalue weighted by Crippen LogP contribution is -2.48. The largest absolute Gasteiger partial charge is 0.411 e. The fourth-order valence-corrected chi connectivity index (χ4v) is 3.32. The lowest BCUT2D eigenvalue weighted by molar-refractivity contribution is -0.201. The molecule has 0 saturated carbocycles. The summed E-state index contributed by atoms with van der Waals surface area (Å²) in [4.78, 5) is 41.9. The topological polar surface area (TPSA) is 92.4 Å². The van der Waals surface area contributed by atoms with E-state index < -0.39 is 23.5 Å². The van der Waals surface area contributed by atoms with E-state index in [2.05, 4.69) is 4.98 Å². The molecule has 1 aliphatic rings. The molecule has 8 heteroatoms. The van der Waals surface area contributed by atoms with E-state index in [1.54, 1.807) is 47.9 Å². The molecule has 28 heavy (non-hydrogen) atoms. The van der Waals surface area contributed by atoms with Crippen molar-refractivity contribution < 1.29 is 23.9 Å². The van der Waals surface area contributed by atoms with Crippen LogP contribution in [0.1, 0.15) is 16.1 Å². The van der Waals surface area contributed by atoms with Crippen molar-refractivity contribution in [2.24, 2.45) is 14.1 Å². The van der Waals surface area contributed by atoms with Crippen molar-refractivity contribution in [3.63, 3.8) is 0 Å². The third-order valence-electron chi connectivity index (χ3n) is 4.70. The van der Waals surface area contributed by atoms with E-state index in [0.29, 0.717) is 16.6 Å². The van der Waals surface area contributed by atoms with Crippen LogP contribution in [-0.4, -0.2) is 37.6 Å². The second-order valence-electron chi connectivity index (χ2n) is 6.60. The first-order valence-electron chi connectivity index (χ1n) is 8.58. The van der Waals surface area contributed by atoms with Gasteiger partial charge in [0.15, 0.2) is 0 Å². The zero-order valence-electron chi connectivity index (χ0n) is 15.3. The number of ketones is 1. The summed E-state index contributed by atoms with van der Waals surface area (Å²) in [7, 11) is 3.54. The first kappa shape index (κ1) is 17.7. The quantitative estimate of drug-likeness (QED) is 0.506. The van der Waals surface area contributed by atoms with E-state index in [9.17, 15) is 14.4 Å². The van der Waals surface area contributed by atoms with Crippen molar-refractivity contribution in [1.29, 1.82) is 0 Å². The van der Waals surface area contributed by atoms with Gasteiger partial charge in [-0.3, -0.25) is 4.79 Å². The molecule has 0 fully saturated rings. The summed E-state index contributed by atoms with van der Waals surface area (Å²) in [6, 6.07) is 7.32. The van der Waals surface area contributed by atoms with Gasteiger partial charge >= 0.3 is 17.7 Å². The Morgan fingerprint density at radius 1 is 1.07 bits per heavy atom. The van der Waals surface area contributed by atoms with Crippen molar-refractivity contribution in [2.75, 3.05) is 0 Å². The molecule has 0 radical (unpaired) electrons. The molecule has 2 aromatic heterocycles. The molecule has 0 spiro atoms. The molecule has 0 amide bonds. The Kier molecular flexibility index (Phi) is 4.11. The predicted molar refractivity (Wildman–Crippen MR) is 98.2 cm³/mol. The highest BCUT2D eigenvalue weighted by Crippen LogP contribution is 2.31. The first-order valence-corrected chi connectivity index (χ1v) is 8.58. The number of ether oxygens (including phenoxy) is 2. The number of carbonyl (C=O) groups is 3. The van der Waals surface area contributed by atoms with Crippen LogP contribution < -0.4 is 0 Å². The second-order valence-corrected chi connectivity index (χ2v) is 6.60. The lowest BCUT2D eigenvalue weighted by Gasteiger charge is -2.29. The molecule has 3 aromatic rings. The minimum atomic E-state index is -2.13. The third-order valence-corrected chi connectivity index (χ3v) is 4.70. The van der Waals surface area contributed by atoms with E-state index in [1.807, 2.05) is 12.1 Å². The molecular formula is C20H17N3O5. The van der Waals surface area contributed by atoms with Gasteiger partial charge in [-0.25, -0.2) is 14.6 Å². The molecule has 0 saturated heterocycles. The van der Waals surface area contributed by atoms with Gasteiger partial charge in [0, 0.05) is 55.2 Å². The van der Waals surface area contributed by atoms with E-state index in [0.717, 1.165) is 17.7 Å². The second kappa shape index (κ2) is 6.49. The highest BCUT2D eigenvalue weighted by molar-refractivity contribution is 6.13. The smallest absolute Gasteiger partial charge is 0.334 e. The number of aromatic nitrogens is 3. The third kappa shape index (κ3) is 2.88. The van der Waals surface area contributed by atoms with Crippen molar-refractivity contribution in [1.82, 2.24) is 14.1 Å². The van der Waals surface area contributed by atoms with Crippen LogP contribution in [0.4, 0.5) is 0 Å². The Morgan fingerprint density at radius 2 is 1.75 bits per heavy atom. The number of Topliss-reactive ketones (excluding diaryl/α,β-unsaturated/α-hetero) is 1. The fraction of sp³-hybridized carbons (Fsp3) is 0.200. The monoisotopic (exact) mass is 379 g/mol. The number of para-hydroxylation sites is 1. The van der Waals surface area contributed by atoms with Crippen LogP contribution in [0.15, 0.2) is 55.1 Å². The van der Waals surface area contributed by atoms with Crippen LogP contribution >= 0.6 is 0 Å². The summed E-state index contributed by atoms with van der Waals surface area (Å²) >= 11 is 0. The molecule has 0 aliphatic carbocycles. The van der Waals surface area contributed by atoms with Gasteiger partial charge in [0.05, 0.1) is 18.3 Å². The minimum absolute atomic E-state index is 0.162. The number of benzene rings is 1. The number of carbonyl (C=O) groups excluding carboxylic acids is 3. The van der Waals surface area contributed by atoms with Crippen LogP contribution in [0.2, 0.25) is 0 Å². The normalized spacial score (nSPS) is 15.9. The summed E-state index contributed by atoms with van der Waals surface area (Å²) in [5.74, 6) is -4.41. The molecule has 142 valence electrons. The van der Waals surface area contributed by atoms with Crippen LogP contribution in [0.3, 0.4) is 0 Å². The van der Waals surface area contributed by atoms with Gasteiger partial charge in [0.25, 0.3) is 0 Å². The minimum Gasteiger partial charge on any atom is -0.411 e. The zero-order valence-corrected chi connectivity index (χ0v) is 15.3. The van der Waals surface area contributed by atoms with Crippen molar-refractivity contribution in [3.8, 4) is 0 Å². The molecule has 0 N–H and O–H groups in total. The van der Waals surface area contributed by atoms with Crippen LogP contribution in [-0.2, 0) is 39.6 Å². The number of cyclic esters (lactones) is 2. The number of esters is 2. The number of rotatable bonds is 4. The average Bonchev–Trinajstić information content (AvgIpc) is 3.18. The molecular weight excluding hydrogens is 362 g/mol. The van der Waals surface area contributed by atoms with Crippen molar-refractivity contribution >= 4 is 28.6 Å². The van der Waals surface area contributed by atoms with E-state index in [1.165, 1.54) is 6.20 Å². The maximum atomic E-state index is 13.6. The standard InChI is InChI=1S/C20H17N3O5/c1-22-11-15(14-5-3-4-6-16(14)22)19(26)20(9-13-10-21-12-23(13)2)27-17(24)7-8-18(25)28-20/h3-8,10-12H,9H2,1-2H3. The summed E-state index contributed by atoms with van der Waals surface area (Å²) < 4.78 is 14.3. The lowest BCUT2D eigenvalue weighted by atomic mass is 9.98. The number of imidazole rings is 1. The Balaban J connectivity index is 1.87. The van der Waals surface area contributed by atoms with Crippen LogP contribution in [0, 0.1) is 0 Å². The van der Waals surface area contributed by atoms with E-state index >= 15 is 0 Å². The maximum Gasteiger partial charge on any atom is 0.334 e. The number of hydrogen-bond acceptors (Lipinski definition) is 6. The van der Waals surface area contributed by atoms with Gasteiger partial charge in [0.2, 0.25) is 5.78 Å². The highest BCUT2D eigenvalue weighted by Gasteiger charge is 2.49. The molecule has 4 rings (SSSR count). The summed E-state index contributed by atoms with van der Waals surface area (Å²) in [5.41, 5.74) is 1.68. The molecule has 1 aliphatic heterocycles. The summed E-state index contributed by atoms with van der Waals surface area (Å²) in [6.07, 6.45) is 6.44. The fourth-order valence-electron chi connectivity index (χ4n) is 3.32. The molecule has 1 aromatic carbocycles. The van der Waals surface area contributed by atoms with Crippen LogP contribution in [0.25, 0.3) is 10.9 Å². The van der Waals surface area contributed by atoms with Crippen molar-refractivity contribution in [3.05, 3.63) is 66.4 Å². The van der Waals surface area contributed by atoms with Crippen molar-refractivity contribution in [2.45, 2.75) is 12.2 Å². The number of aryl methyl sites for hydroxylation is 2. The Hall–Kier alpha value is -3.68. The van der Waals surface area contributed by atoms with Gasteiger partial charge in [-0.1, -0.05) is 18.2 Å². The highest BCUT2D eigenvalue weighted by atomic mass is 16.7. The molecule has 0 bridgehead atoms. The number of hydrogen-bond donors (Lipinski definition) is 0. The van der Waals surface area contributed by atoms with Gasteiger partial charge in [-0.15, -0.1) is 0 Å². The van der Waals surface area contributed by atoms with E-state index in [-0.39, 0.29) is 6.42 Å². The van der Waals surface area contributed by atoms with Crippen LogP contribution in [0.5, 0.6) is 0 Å². The van der Waals surface area contributed by atoms with E-state index in [4.69, 9.17) is 9.47 Å². The summed E-state index contributed by atoms with van der Waals surface area (Å²) in [6.45, 7) is 0. The van der Waals surface area contributed by atoms with Gasteiger partial charge < -0.3 is 18.6 Å². The Morgan fingerprint density at radius 3 is 2.39 bits per heavy atom. The number of fused-ring (bicyclic) bond motifs is 1. The maximum absolute atomic E-state index is 13.6. The molecule has 0 unspecified atom stereocenters. The molecule has 3 heterocycles. The Labute approximate surface area is 160 Å². The Bertz CT molecular complexity index is 1120. The number of nitrogens with zero attached hydrogens (tertiary/aromatic N) is 3. The molecule has 0 atom stereocenters.